The van der Waals surface area contributed by atoms with Crippen LogP contribution in [-0.4, -0.2) is 56.6 Å². The average Bonchev–Trinajstić information content (AvgIpc) is 3.32. The maximum atomic E-state index is 10.0. The van der Waals surface area contributed by atoms with Crippen molar-refractivity contribution in [3.8, 4) is 22.4 Å². The lowest BCUT2D eigenvalue weighted by atomic mass is 9.78. The zero-order valence-corrected chi connectivity index (χ0v) is 20.6. The molecule has 0 radical (unpaired) electrons. The molecule has 5 rings (SSSR count). The third-order valence-electron chi connectivity index (χ3n) is 7.24. The lowest BCUT2D eigenvalue weighted by Gasteiger charge is -2.31. The second-order valence-electron chi connectivity index (χ2n) is 9.89. The Morgan fingerprint density at radius 1 is 1.03 bits per heavy atom. The number of fused-ring (bicyclic) bond motifs is 1. The summed E-state index contributed by atoms with van der Waals surface area (Å²) in [6, 6.07) is 14.6. The van der Waals surface area contributed by atoms with Gasteiger partial charge in [0.25, 0.3) is 0 Å². The molecule has 4 aromatic rings. The largest absolute Gasteiger partial charge is 0.394 e. The summed E-state index contributed by atoms with van der Waals surface area (Å²) in [6.07, 6.45) is 6.85. The molecule has 1 unspecified atom stereocenters. The van der Waals surface area contributed by atoms with Gasteiger partial charge >= 0.3 is 0 Å². The maximum Gasteiger partial charge on any atom is 0.165 e. The summed E-state index contributed by atoms with van der Waals surface area (Å²) in [5.74, 6) is 1.47. The van der Waals surface area contributed by atoms with Crippen molar-refractivity contribution in [1.82, 2.24) is 19.6 Å². The van der Waals surface area contributed by atoms with Gasteiger partial charge in [-0.1, -0.05) is 29.8 Å². The molecule has 2 N–H and O–H groups in total. The minimum absolute atomic E-state index is 0.164. The highest BCUT2D eigenvalue weighted by Gasteiger charge is 2.28. The molecule has 7 heteroatoms. The fourth-order valence-electron chi connectivity index (χ4n) is 5.17. The quantitative estimate of drug-likeness (QED) is 0.432. The number of anilines is 1. The van der Waals surface area contributed by atoms with Gasteiger partial charge in [-0.25, -0.2) is 4.98 Å². The van der Waals surface area contributed by atoms with Crippen molar-refractivity contribution in [3.63, 3.8) is 0 Å². The number of benzene rings is 1. The van der Waals surface area contributed by atoms with E-state index in [1.807, 2.05) is 31.0 Å². The van der Waals surface area contributed by atoms with Crippen molar-refractivity contribution in [2.24, 2.45) is 5.92 Å². The van der Waals surface area contributed by atoms with Crippen molar-refractivity contribution in [2.75, 3.05) is 25.6 Å². The predicted molar refractivity (Wildman–Crippen MR) is 139 cm³/mol. The van der Waals surface area contributed by atoms with E-state index >= 15 is 0 Å². The third kappa shape index (κ3) is 4.66. The van der Waals surface area contributed by atoms with Crippen LogP contribution in [0.1, 0.15) is 42.9 Å². The second kappa shape index (κ2) is 9.76. The number of aromatic nitrogens is 4. The van der Waals surface area contributed by atoms with Gasteiger partial charge in [-0.05, 0) is 50.7 Å². The molecule has 1 saturated carbocycles. The molecular formula is C28H33N5O2. The first kappa shape index (κ1) is 23.5. The molecule has 1 aromatic carbocycles. The highest BCUT2D eigenvalue weighted by Crippen LogP contribution is 2.38. The number of hydrogen-bond acceptors (Lipinski definition) is 6. The molecule has 3 aromatic heterocycles. The van der Waals surface area contributed by atoms with Crippen molar-refractivity contribution >= 4 is 11.5 Å². The molecule has 1 aliphatic carbocycles. The van der Waals surface area contributed by atoms with E-state index in [-0.39, 0.29) is 12.5 Å². The van der Waals surface area contributed by atoms with Gasteiger partial charge in [-0.3, -0.25) is 4.98 Å². The minimum atomic E-state index is -0.625. The second-order valence-corrected chi connectivity index (χ2v) is 9.89. The van der Waals surface area contributed by atoms with E-state index in [2.05, 4.69) is 59.4 Å². The molecule has 0 aliphatic heterocycles. The van der Waals surface area contributed by atoms with E-state index in [9.17, 15) is 10.2 Å². The molecule has 1 fully saturated rings. The summed E-state index contributed by atoms with van der Waals surface area (Å²) in [5.41, 5.74) is 7.09. The zero-order chi connectivity index (χ0) is 24.5. The molecule has 0 bridgehead atoms. The lowest BCUT2D eigenvalue weighted by Crippen LogP contribution is -2.28. The van der Waals surface area contributed by atoms with Crippen LogP contribution in [0.4, 0.5) is 5.82 Å². The van der Waals surface area contributed by atoms with Crippen LogP contribution in [0.25, 0.3) is 28.0 Å². The van der Waals surface area contributed by atoms with Crippen LogP contribution in [0.3, 0.4) is 0 Å². The van der Waals surface area contributed by atoms with E-state index < -0.39 is 6.10 Å². The SMILES string of the molecule is Cc1cccc(-c2ccc(-c3cnn4c(N(C)C)cc(C5CCC(C(O)CO)CC5)nc34)cn2)c1. The van der Waals surface area contributed by atoms with E-state index in [0.717, 1.165) is 65.2 Å². The van der Waals surface area contributed by atoms with Crippen LogP contribution in [0.5, 0.6) is 0 Å². The molecule has 0 amide bonds. The molecule has 182 valence electrons. The number of nitrogens with zero attached hydrogens (tertiary/aromatic N) is 5. The predicted octanol–water partition coefficient (Wildman–Crippen LogP) is 4.46. The number of hydrogen-bond donors (Lipinski definition) is 2. The molecule has 3 heterocycles. The summed E-state index contributed by atoms with van der Waals surface area (Å²) in [6.45, 7) is 1.92. The monoisotopic (exact) mass is 471 g/mol. The number of aliphatic hydroxyl groups is 2. The van der Waals surface area contributed by atoms with Gasteiger partial charge in [0, 0.05) is 54.7 Å². The van der Waals surface area contributed by atoms with Crippen molar-refractivity contribution in [3.05, 3.63) is 66.1 Å². The van der Waals surface area contributed by atoms with E-state index in [1.54, 1.807) is 0 Å². The first-order chi connectivity index (χ1) is 16.9. The normalized spacial score (nSPS) is 19.1. The molecule has 0 spiro atoms. The van der Waals surface area contributed by atoms with Crippen LogP contribution in [0.15, 0.2) is 54.9 Å². The Balaban J connectivity index is 1.49. The standard InChI is InChI=1S/C28H33N5O2/c1-18-5-4-6-21(13-18)24-12-11-22(15-29-24)23-16-30-33-27(32(2)3)14-25(31-28(23)33)19-7-9-20(10-8-19)26(35)17-34/h4-6,11-16,19-20,26,34-35H,7-10,17H2,1-3H3. The van der Waals surface area contributed by atoms with Crippen molar-refractivity contribution in [2.45, 2.75) is 44.6 Å². The Bertz CT molecular complexity index is 1310. The Labute approximate surface area is 206 Å². The first-order valence-electron chi connectivity index (χ1n) is 12.3. The van der Waals surface area contributed by atoms with Crippen molar-refractivity contribution in [1.29, 1.82) is 0 Å². The van der Waals surface area contributed by atoms with Crippen LogP contribution >= 0.6 is 0 Å². The Kier molecular flexibility index (Phi) is 6.54. The van der Waals surface area contributed by atoms with Crippen LogP contribution < -0.4 is 4.90 Å². The molecule has 1 atom stereocenters. The van der Waals surface area contributed by atoms with Gasteiger partial charge in [-0.15, -0.1) is 0 Å². The number of rotatable bonds is 6. The van der Waals surface area contributed by atoms with Gasteiger partial charge in [0.1, 0.15) is 5.82 Å². The molecular weight excluding hydrogens is 438 g/mol. The summed E-state index contributed by atoms with van der Waals surface area (Å²) in [5, 5.41) is 24.0. The van der Waals surface area contributed by atoms with Crippen molar-refractivity contribution < 1.29 is 10.2 Å². The third-order valence-corrected chi connectivity index (χ3v) is 7.24. The fourth-order valence-corrected chi connectivity index (χ4v) is 5.17. The molecule has 1 aliphatic rings. The summed E-state index contributed by atoms with van der Waals surface area (Å²) in [4.78, 5) is 11.9. The van der Waals surface area contributed by atoms with Gasteiger partial charge in [0.15, 0.2) is 5.65 Å². The number of aryl methyl sites for hydroxylation is 1. The Morgan fingerprint density at radius 3 is 2.49 bits per heavy atom. The van der Waals surface area contributed by atoms with E-state index in [1.165, 1.54) is 5.56 Å². The summed E-state index contributed by atoms with van der Waals surface area (Å²) in [7, 11) is 4.04. The summed E-state index contributed by atoms with van der Waals surface area (Å²) >= 11 is 0. The smallest absolute Gasteiger partial charge is 0.165 e. The first-order valence-corrected chi connectivity index (χ1v) is 12.3. The maximum absolute atomic E-state index is 10.0. The summed E-state index contributed by atoms with van der Waals surface area (Å²) < 4.78 is 1.90. The highest BCUT2D eigenvalue weighted by molar-refractivity contribution is 5.78. The van der Waals surface area contributed by atoms with Gasteiger partial charge in [0.05, 0.1) is 24.6 Å². The number of aliphatic hydroxyl groups excluding tert-OH is 2. The fraction of sp³-hybridized carbons (Fsp3) is 0.393. The Hall–Kier alpha value is -3.29. The molecule has 0 saturated heterocycles. The van der Waals surface area contributed by atoms with Crippen LogP contribution in [0, 0.1) is 12.8 Å². The lowest BCUT2D eigenvalue weighted by molar-refractivity contribution is 0.0300. The zero-order valence-electron chi connectivity index (χ0n) is 20.6. The topological polar surface area (TPSA) is 86.8 Å². The highest BCUT2D eigenvalue weighted by atomic mass is 16.3. The Morgan fingerprint density at radius 2 is 1.83 bits per heavy atom. The minimum Gasteiger partial charge on any atom is -0.394 e. The van der Waals surface area contributed by atoms with Crippen LogP contribution in [-0.2, 0) is 0 Å². The van der Waals surface area contributed by atoms with E-state index in [0.29, 0.717) is 5.92 Å². The van der Waals surface area contributed by atoms with Gasteiger partial charge in [0.2, 0.25) is 0 Å². The van der Waals surface area contributed by atoms with Gasteiger partial charge in [-0.2, -0.15) is 9.61 Å². The molecule has 35 heavy (non-hydrogen) atoms. The molecule has 7 nitrogen and oxygen atoms in total. The number of pyridine rings is 1. The average molecular weight is 472 g/mol. The van der Waals surface area contributed by atoms with E-state index in [4.69, 9.17) is 9.97 Å². The van der Waals surface area contributed by atoms with Crippen LogP contribution in [0.2, 0.25) is 0 Å². The van der Waals surface area contributed by atoms with Gasteiger partial charge < -0.3 is 15.1 Å².